The van der Waals surface area contributed by atoms with Crippen LogP contribution in [0.5, 0.6) is 0 Å². The second-order valence-electron chi connectivity index (χ2n) is 17.2. The Bertz CT molecular complexity index is 3550. The van der Waals surface area contributed by atoms with Crippen LogP contribution in [0.15, 0.2) is 194 Å². The molecule has 1 aliphatic carbocycles. The number of para-hydroxylation sites is 3. The number of nitrogens with zero attached hydrogens (tertiary/aromatic N) is 4. The molecular formula is C57H38N4. The standard InChI is InChI=1S/C57H38N4/c1-56(2)44-22-8-9-23-45(44)57(46-24-10-12-28-50(46)61-49-27-11-7-19-41(49)42-20-13-26-48(57)52(42)61)47-25-14-21-43(51(47)56)55-59-53(39-31-29-35-15-3-5-17-37(35)33-39)58-54(60-55)40-32-30-36-16-4-6-18-38(36)34-40/h3-34H,1-2H3. The van der Waals surface area contributed by atoms with Crippen molar-refractivity contribution in [3.63, 3.8) is 0 Å². The lowest BCUT2D eigenvalue weighted by Gasteiger charge is -2.50. The lowest BCUT2D eigenvalue weighted by Crippen LogP contribution is -2.44. The molecule has 0 N–H and O–H groups in total. The van der Waals surface area contributed by atoms with E-state index >= 15 is 0 Å². The highest BCUT2D eigenvalue weighted by molar-refractivity contribution is 6.12. The van der Waals surface area contributed by atoms with Gasteiger partial charge in [0.05, 0.1) is 22.1 Å². The third kappa shape index (κ3) is 4.62. The molecule has 0 saturated carbocycles. The van der Waals surface area contributed by atoms with E-state index in [0.717, 1.165) is 27.5 Å². The van der Waals surface area contributed by atoms with Crippen LogP contribution in [0.3, 0.4) is 0 Å². The van der Waals surface area contributed by atoms with Crippen molar-refractivity contribution in [3.05, 3.63) is 228 Å². The summed E-state index contributed by atoms with van der Waals surface area (Å²) in [6.07, 6.45) is 0. The Morgan fingerprint density at radius 2 is 0.918 bits per heavy atom. The van der Waals surface area contributed by atoms with Crippen LogP contribution < -0.4 is 0 Å². The number of hydrogen-bond acceptors (Lipinski definition) is 3. The van der Waals surface area contributed by atoms with Gasteiger partial charge in [0.1, 0.15) is 0 Å². The monoisotopic (exact) mass is 778 g/mol. The van der Waals surface area contributed by atoms with Crippen molar-refractivity contribution in [2.45, 2.75) is 24.7 Å². The van der Waals surface area contributed by atoms with Crippen LogP contribution in [0, 0.1) is 0 Å². The fraction of sp³-hybridized carbons (Fsp3) is 0.0702. The van der Waals surface area contributed by atoms with Crippen molar-refractivity contribution in [1.29, 1.82) is 0 Å². The molecule has 2 aromatic heterocycles. The predicted molar refractivity (Wildman–Crippen MR) is 249 cm³/mol. The van der Waals surface area contributed by atoms with Gasteiger partial charge in [-0.3, -0.25) is 0 Å². The van der Waals surface area contributed by atoms with Gasteiger partial charge in [-0.25, -0.2) is 15.0 Å². The molecule has 1 unspecified atom stereocenters. The van der Waals surface area contributed by atoms with Crippen molar-refractivity contribution < 1.29 is 0 Å². The Morgan fingerprint density at radius 1 is 0.393 bits per heavy atom. The van der Waals surface area contributed by atoms with Crippen molar-refractivity contribution in [2.75, 3.05) is 0 Å². The Hall–Kier alpha value is -7.69. The molecule has 1 atom stereocenters. The molecule has 4 heteroatoms. The molecule has 1 aliphatic heterocycles. The molecule has 61 heavy (non-hydrogen) atoms. The normalized spacial score (nSPS) is 15.9. The first-order valence-electron chi connectivity index (χ1n) is 21.1. The zero-order chi connectivity index (χ0) is 40.5. The van der Waals surface area contributed by atoms with Crippen molar-refractivity contribution in [3.8, 4) is 39.9 Å². The van der Waals surface area contributed by atoms with Gasteiger partial charge in [-0.05, 0) is 79.2 Å². The van der Waals surface area contributed by atoms with E-state index in [0.29, 0.717) is 17.5 Å². The van der Waals surface area contributed by atoms with Gasteiger partial charge in [0, 0.05) is 32.9 Å². The number of rotatable bonds is 3. The summed E-state index contributed by atoms with van der Waals surface area (Å²) < 4.78 is 2.50. The molecular weight excluding hydrogens is 741 g/mol. The van der Waals surface area contributed by atoms with Gasteiger partial charge in [-0.2, -0.15) is 0 Å². The summed E-state index contributed by atoms with van der Waals surface area (Å²) in [5.41, 5.74) is 13.2. The highest BCUT2D eigenvalue weighted by atomic mass is 15.0. The Labute approximate surface area is 353 Å². The fourth-order valence-electron chi connectivity index (χ4n) is 11.1. The SMILES string of the molecule is CC1(C)c2ccccc2C2(c3ccccc3-n3c4ccccc4c4cccc2c43)c2cccc(-c3nc(-c4ccc5ccccc5c4)nc(-c4ccc5ccccc5c4)n3)c21. The highest BCUT2D eigenvalue weighted by Crippen LogP contribution is 2.61. The van der Waals surface area contributed by atoms with Gasteiger partial charge < -0.3 is 4.57 Å². The number of benzene rings is 9. The van der Waals surface area contributed by atoms with E-state index < -0.39 is 10.8 Å². The number of hydrogen-bond donors (Lipinski definition) is 0. The number of aromatic nitrogens is 4. The molecule has 11 aromatic rings. The molecule has 2 aliphatic rings. The molecule has 0 saturated heterocycles. The average Bonchev–Trinajstić information content (AvgIpc) is 3.66. The summed E-state index contributed by atoms with van der Waals surface area (Å²) in [6.45, 7) is 4.76. The quantitative estimate of drug-likeness (QED) is 0.179. The topological polar surface area (TPSA) is 43.6 Å². The molecule has 0 fully saturated rings. The van der Waals surface area contributed by atoms with Gasteiger partial charge in [0.25, 0.3) is 0 Å². The van der Waals surface area contributed by atoms with E-state index in [1.165, 1.54) is 71.6 Å². The molecule has 4 nitrogen and oxygen atoms in total. The van der Waals surface area contributed by atoms with E-state index in [2.05, 4.69) is 213 Å². The third-order valence-electron chi connectivity index (χ3n) is 13.6. The minimum Gasteiger partial charge on any atom is -0.309 e. The maximum Gasteiger partial charge on any atom is 0.164 e. The van der Waals surface area contributed by atoms with Gasteiger partial charge in [0.2, 0.25) is 0 Å². The van der Waals surface area contributed by atoms with Gasteiger partial charge in [0.15, 0.2) is 17.5 Å². The number of fused-ring (bicyclic) bond motifs is 13. The zero-order valence-corrected chi connectivity index (χ0v) is 33.8. The molecule has 1 spiro atoms. The van der Waals surface area contributed by atoms with E-state index in [1.807, 2.05) is 0 Å². The fourth-order valence-corrected chi connectivity index (χ4v) is 11.1. The summed E-state index contributed by atoms with van der Waals surface area (Å²) in [4.78, 5) is 16.2. The van der Waals surface area contributed by atoms with Crippen molar-refractivity contribution in [1.82, 2.24) is 19.5 Å². The molecule has 3 heterocycles. The first kappa shape index (κ1) is 34.2. The van der Waals surface area contributed by atoms with E-state index in [-0.39, 0.29) is 0 Å². The Morgan fingerprint density at radius 3 is 1.64 bits per heavy atom. The van der Waals surface area contributed by atoms with Crippen LogP contribution >= 0.6 is 0 Å². The molecule has 286 valence electrons. The lowest BCUT2D eigenvalue weighted by molar-refractivity contribution is 0.557. The van der Waals surface area contributed by atoms with Gasteiger partial charge in [-0.1, -0.05) is 184 Å². The summed E-state index contributed by atoms with van der Waals surface area (Å²) in [6, 6.07) is 70.7. The van der Waals surface area contributed by atoms with Crippen LogP contribution in [-0.4, -0.2) is 19.5 Å². The second-order valence-corrected chi connectivity index (χ2v) is 17.2. The predicted octanol–water partition coefficient (Wildman–Crippen LogP) is 13.6. The first-order valence-corrected chi connectivity index (χ1v) is 21.1. The van der Waals surface area contributed by atoms with Gasteiger partial charge in [-0.15, -0.1) is 0 Å². The third-order valence-corrected chi connectivity index (χ3v) is 13.6. The average molecular weight is 779 g/mol. The largest absolute Gasteiger partial charge is 0.309 e. The lowest BCUT2D eigenvalue weighted by atomic mass is 9.52. The summed E-state index contributed by atoms with van der Waals surface area (Å²) in [5.74, 6) is 1.97. The first-order chi connectivity index (χ1) is 30.0. The minimum atomic E-state index is -0.632. The van der Waals surface area contributed by atoms with E-state index in [9.17, 15) is 0 Å². The highest BCUT2D eigenvalue weighted by Gasteiger charge is 2.53. The maximum atomic E-state index is 5.45. The summed E-state index contributed by atoms with van der Waals surface area (Å²) in [7, 11) is 0. The molecule has 0 radical (unpaired) electrons. The Balaban J connectivity index is 1.14. The van der Waals surface area contributed by atoms with Crippen LogP contribution in [0.1, 0.15) is 47.2 Å². The second kappa shape index (κ2) is 12.4. The van der Waals surface area contributed by atoms with E-state index in [1.54, 1.807) is 0 Å². The van der Waals surface area contributed by atoms with Crippen molar-refractivity contribution >= 4 is 43.4 Å². The minimum absolute atomic E-state index is 0.417. The van der Waals surface area contributed by atoms with Crippen molar-refractivity contribution in [2.24, 2.45) is 0 Å². The Kier molecular flexibility index (Phi) is 6.96. The summed E-state index contributed by atoms with van der Waals surface area (Å²) >= 11 is 0. The maximum absolute atomic E-state index is 5.45. The molecule has 9 aromatic carbocycles. The van der Waals surface area contributed by atoms with Crippen LogP contribution in [0.25, 0.3) is 83.2 Å². The van der Waals surface area contributed by atoms with Crippen LogP contribution in [-0.2, 0) is 10.8 Å². The van der Waals surface area contributed by atoms with Crippen LogP contribution in [0.2, 0.25) is 0 Å². The van der Waals surface area contributed by atoms with Crippen LogP contribution in [0.4, 0.5) is 0 Å². The molecule has 13 rings (SSSR count). The molecule has 0 amide bonds. The zero-order valence-electron chi connectivity index (χ0n) is 33.8. The molecule has 0 bridgehead atoms. The van der Waals surface area contributed by atoms with E-state index in [4.69, 9.17) is 15.0 Å². The van der Waals surface area contributed by atoms with Gasteiger partial charge >= 0.3 is 0 Å². The smallest absolute Gasteiger partial charge is 0.164 e. The summed E-state index contributed by atoms with van der Waals surface area (Å²) in [5, 5.41) is 7.18.